The molecule has 3 rings (SSSR count). The van der Waals surface area contributed by atoms with Crippen molar-refractivity contribution in [2.24, 2.45) is 0 Å². The van der Waals surface area contributed by atoms with Crippen LogP contribution < -0.4 is 4.74 Å². The first kappa shape index (κ1) is 21.0. The van der Waals surface area contributed by atoms with Crippen LogP contribution in [0.5, 0.6) is 5.75 Å². The maximum Gasteiger partial charge on any atom is 0.344 e. The average molecular weight is 432 g/mol. The van der Waals surface area contributed by atoms with Crippen molar-refractivity contribution in [3.8, 4) is 5.75 Å². The van der Waals surface area contributed by atoms with Gasteiger partial charge in [0.2, 0.25) is 0 Å². The normalized spacial score (nSPS) is 15.1. The molecule has 6 nitrogen and oxygen atoms in total. The summed E-state index contributed by atoms with van der Waals surface area (Å²) in [6.07, 6.45) is 1.59. The SMILES string of the molecule is CCOC(=O)COc1ccccc1/C=C1/SC(=O)N(Cc2ccc(Cl)cc2)C1=O. The molecular formula is C21H18ClNO5S. The molecule has 1 fully saturated rings. The minimum Gasteiger partial charge on any atom is -0.481 e. The zero-order valence-corrected chi connectivity index (χ0v) is 17.2. The Bertz CT molecular complexity index is 958. The number of benzene rings is 2. The van der Waals surface area contributed by atoms with Crippen LogP contribution in [0.2, 0.25) is 5.02 Å². The monoisotopic (exact) mass is 431 g/mol. The van der Waals surface area contributed by atoms with E-state index in [0.717, 1.165) is 17.3 Å². The van der Waals surface area contributed by atoms with E-state index in [4.69, 9.17) is 21.1 Å². The number of hydrogen-bond donors (Lipinski definition) is 0. The van der Waals surface area contributed by atoms with Gasteiger partial charge in [0, 0.05) is 10.6 Å². The highest BCUT2D eigenvalue weighted by atomic mass is 35.5. The molecule has 2 aromatic rings. The van der Waals surface area contributed by atoms with Gasteiger partial charge >= 0.3 is 5.97 Å². The van der Waals surface area contributed by atoms with Crippen LogP contribution >= 0.6 is 23.4 Å². The molecule has 0 saturated carbocycles. The number of hydrogen-bond acceptors (Lipinski definition) is 6. The summed E-state index contributed by atoms with van der Waals surface area (Å²) in [7, 11) is 0. The van der Waals surface area contributed by atoms with Crippen LogP contribution in [-0.4, -0.2) is 35.2 Å². The van der Waals surface area contributed by atoms with E-state index in [1.165, 1.54) is 4.90 Å². The molecule has 0 N–H and O–H groups in total. The average Bonchev–Trinajstić information content (AvgIpc) is 2.96. The second-order valence-electron chi connectivity index (χ2n) is 6.03. The molecule has 150 valence electrons. The van der Waals surface area contributed by atoms with Crippen molar-refractivity contribution in [3.05, 3.63) is 69.6 Å². The fourth-order valence-electron chi connectivity index (χ4n) is 2.62. The minimum atomic E-state index is -0.481. The van der Waals surface area contributed by atoms with Gasteiger partial charge in [-0.2, -0.15) is 0 Å². The van der Waals surface area contributed by atoms with Gasteiger partial charge in [0.05, 0.1) is 18.1 Å². The second-order valence-corrected chi connectivity index (χ2v) is 7.46. The molecule has 0 aliphatic carbocycles. The summed E-state index contributed by atoms with van der Waals surface area (Å²) >= 11 is 6.74. The van der Waals surface area contributed by atoms with E-state index < -0.39 is 5.97 Å². The Hall–Kier alpha value is -2.77. The zero-order valence-electron chi connectivity index (χ0n) is 15.6. The van der Waals surface area contributed by atoms with Crippen LogP contribution in [0.15, 0.2) is 53.4 Å². The predicted octanol–water partition coefficient (Wildman–Crippen LogP) is 4.52. The number of carbonyl (C=O) groups is 3. The van der Waals surface area contributed by atoms with E-state index in [1.54, 1.807) is 61.5 Å². The van der Waals surface area contributed by atoms with Crippen LogP contribution in [0.25, 0.3) is 6.08 Å². The lowest BCUT2D eigenvalue weighted by atomic mass is 10.1. The number of imide groups is 1. The number of halogens is 1. The first-order valence-electron chi connectivity index (χ1n) is 8.85. The van der Waals surface area contributed by atoms with Gasteiger partial charge in [0.25, 0.3) is 11.1 Å². The summed E-state index contributed by atoms with van der Waals surface area (Å²) in [4.78, 5) is 38.1. The molecule has 0 spiro atoms. The summed E-state index contributed by atoms with van der Waals surface area (Å²) in [5.41, 5.74) is 1.39. The lowest BCUT2D eigenvalue weighted by Crippen LogP contribution is -2.27. The highest BCUT2D eigenvalue weighted by Gasteiger charge is 2.35. The maximum atomic E-state index is 12.7. The Balaban J connectivity index is 1.75. The molecule has 0 aromatic heterocycles. The van der Waals surface area contributed by atoms with Crippen molar-refractivity contribution in [1.82, 2.24) is 4.90 Å². The summed E-state index contributed by atoms with van der Waals surface area (Å²) < 4.78 is 10.4. The lowest BCUT2D eigenvalue weighted by molar-refractivity contribution is -0.145. The number of esters is 1. The van der Waals surface area contributed by atoms with Gasteiger partial charge < -0.3 is 9.47 Å². The molecule has 8 heteroatoms. The second kappa shape index (κ2) is 9.62. The highest BCUT2D eigenvalue weighted by molar-refractivity contribution is 8.18. The number of rotatable bonds is 7. The highest BCUT2D eigenvalue weighted by Crippen LogP contribution is 2.35. The third-order valence-corrected chi connectivity index (χ3v) is 5.14. The Labute approximate surface area is 177 Å². The molecule has 2 amide bonds. The number of nitrogens with zero attached hydrogens (tertiary/aromatic N) is 1. The van der Waals surface area contributed by atoms with E-state index in [1.807, 2.05) is 0 Å². The van der Waals surface area contributed by atoms with Crippen molar-refractivity contribution < 1.29 is 23.9 Å². The topological polar surface area (TPSA) is 72.9 Å². The third-order valence-electron chi connectivity index (χ3n) is 3.98. The molecular weight excluding hydrogens is 414 g/mol. The first-order chi connectivity index (χ1) is 14.0. The molecule has 0 atom stereocenters. The summed E-state index contributed by atoms with van der Waals surface area (Å²) in [6, 6.07) is 13.9. The fourth-order valence-corrected chi connectivity index (χ4v) is 3.58. The smallest absolute Gasteiger partial charge is 0.344 e. The van der Waals surface area contributed by atoms with Crippen LogP contribution in [0.4, 0.5) is 4.79 Å². The van der Waals surface area contributed by atoms with Crippen LogP contribution in [0.1, 0.15) is 18.1 Å². The number of ether oxygens (including phenoxy) is 2. The third kappa shape index (κ3) is 5.40. The summed E-state index contributed by atoms with van der Waals surface area (Å²) in [5, 5.41) is 0.239. The van der Waals surface area contributed by atoms with Crippen molar-refractivity contribution in [1.29, 1.82) is 0 Å². The van der Waals surface area contributed by atoms with Crippen molar-refractivity contribution >= 4 is 46.6 Å². The molecule has 1 aliphatic heterocycles. The van der Waals surface area contributed by atoms with Gasteiger partial charge in [0.1, 0.15) is 5.75 Å². The van der Waals surface area contributed by atoms with E-state index in [-0.39, 0.29) is 35.8 Å². The quantitative estimate of drug-likeness (QED) is 0.474. The zero-order chi connectivity index (χ0) is 20.8. The van der Waals surface area contributed by atoms with E-state index in [2.05, 4.69) is 0 Å². The Morgan fingerprint density at radius 1 is 1.14 bits per heavy atom. The molecule has 0 bridgehead atoms. The lowest BCUT2D eigenvalue weighted by Gasteiger charge is -2.12. The molecule has 0 radical (unpaired) electrons. The first-order valence-corrected chi connectivity index (χ1v) is 10.0. The number of thioether (sulfide) groups is 1. The number of para-hydroxylation sites is 1. The van der Waals surface area contributed by atoms with Gasteiger partial charge in [-0.25, -0.2) is 4.79 Å². The van der Waals surface area contributed by atoms with Gasteiger partial charge in [0.15, 0.2) is 6.61 Å². The molecule has 1 heterocycles. The van der Waals surface area contributed by atoms with Crippen LogP contribution in [-0.2, 0) is 20.9 Å². The molecule has 29 heavy (non-hydrogen) atoms. The summed E-state index contributed by atoms with van der Waals surface area (Å²) in [5.74, 6) is -0.439. The minimum absolute atomic E-state index is 0.167. The van der Waals surface area contributed by atoms with Crippen LogP contribution in [0, 0.1) is 0 Å². The van der Waals surface area contributed by atoms with Gasteiger partial charge in [-0.15, -0.1) is 0 Å². The number of carbonyl (C=O) groups excluding carboxylic acids is 3. The van der Waals surface area contributed by atoms with Gasteiger partial charge in [-0.1, -0.05) is 41.9 Å². The Kier molecular flexibility index (Phi) is 6.95. The fraction of sp³-hybridized carbons (Fsp3) is 0.190. The van der Waals surface area contributed by atoms with Gasteiger partial charge in [-0.3, -0.25) is 14.5 Å². The molecule has 2 aromatic carbocycles. The molecule has 1 aliphatic rings. The maximum absolute atomic E-state index is 12.7. The van der Waals surface area contributed by atoms with Crippen molar-refractivity contribution in [3.63, 3.8) is 0 Å². The number of amides is 2. The molecule has 1 saturated heterocycles. The van der Waals surface area contributed by atoms with E-state index in [0.29, 0.717) is 16.3 Å². The predicted molar refractivity (Wildman–Crippen MR) is 112 cm³/mol. The van der Waals surface area contributed by atoms with E-state index in [9.17, 15) is 14.4 Å². The largest absolute Gasteiger partial charge is 0.481 e. The Morgan fingerprint density at radius 3 is 2.59 bits per heavy atom. The summed E-state index contributed by atoms with van der Waals surface area (Å²) in [6.45, 7) is 1.91. The Morgan fingerprint density at radius 2 is 1.86 bits per heavy atom. The van der Waals surface area contributed by atoms with Gasteiger partial charge in [-0.05, 0) is 48.5 Å². The molecule has 0 unspecified atom stereocenters. The standard InChI is InChI=1S/C21H18ClNO5S/c1-2-27-19(24)13-28-17-6-4-3-5-15(17)11-18-20(25)23(21(26)29-18)12-14-7-9-16(22)10-8-14/h3-11H,2,12-13H2,1H3/b18-11+. The van der Waals surface area contributed by atoms with Crippen molar-refractivity contribution in [2.75, 3.05) is 13.2 Å². The van der Waals surface area contributed by atoms with Crippen molar-refractivity contribution in [2.45, 2.75) is 13.5 Å². The van der Waals surface area contributed by atoms with E-state index >= 15 is 0 Å². The van der Waals surface area contributed by atoms with Crippen LogP contribution in [0.3, 0.4) is 0 Å².